The molecule has 1 aliphatic heterocycles. The lowest BCUT2D eigenvalue weighted by Crippen LogP contribution is -2.52. The molecule has 0 spiro atoms. The molecule has 1 saturated carbocycles. The lowest BCUT2D eigenvalue weighted by Gasteiger charge is -2.42. The normalized spacial score (nSPS) is 44.5. The van der Waals surface area contributed by atoms with Gasteiger partial charge in [-0.2, -0.15) is 0 Å². The maximum absolute atomic E-state index is 6.39. The van der Waals surface area contributed by atoms with Crippen molar-refractivity contribution in [3.8, 4) is 0 Å². The first-order valence-electron chi connectivity index (χ1n) is 7.50. The topological polar surface area (TPSA) is 29.3 Å². The number of hydrogen-bond acceptors (Lipinski definition) is 2. The molecular weight excluding hydrogens is 208 g/mol. The molecule has 5 atom stereocenters. The second-order valence-corrected chi connectivity index (χ2v) is 6.94. The third-order valence-electron chi connectivity index (χ3n) is 5.11. The van der Waals surface area contributed by atoms with Gasteiger partial charge in [0.05, 0.1) is 0 Å². The SMILES string of the molecule is CC1CC(C)N(C2CC(C(C)C)CCC2N)C1. The van der Waals surface area contributed by atoms with Gasteiger partial charge in [0.2, 0.25) is 0 Å². The van der Waals surface area contributed by atoms with Crippen molar-refractivity contribution in [2.24, 2.45) is 23.5 Å². The predicted molar refractivity (Wildman–Crippen MR) is 73.9 cm³/mol. The van der Waals surface area contributed by atoms with E-state index in [9.17, 15) is 0 Å². The molecule has 2 aliphatic rings. The first-order chi connectivity index (χ1) is 7.99. The summed E-state index contributed by atoms with van der Waals surface area (Å²) in [4.78, 5) is 2.71. The molecule has 17 heavy (non-hydrogen) atoms. The summed E-state index contributed by atoms with van der Waals surface area (Å²) < 4.78 is 0. The number of rotatable bonds is 2. The van der Waals surface area contributed by atoms with Gasteiger partial charge in [-0.05, 0) is 50.4 Å². The van der Waals surface area contributed by atoms with Crippen molar-refractivity contribution in [1.82, 2.24) is 4.90 Å². The van der Waals surface area contributed by atoms with E-state index in [4.69, 9.17) is 5.73 Å². The summed E-state index contributed by atoms with van der Waals surface area (Å²) in [5.41, 5.74) is 6.39. The van der Waals surface area contributed by atoms with Crippen LogP contribution in [0.3, 0.4) is 0 Å². The Labute approximate surface area is 107 Å². The van der Waals surface area contributed by atoms with Gasteiger partial charge in [0.25, 0.3) is 0 Å². The second-order valence-electron chi connectivity index (χ2n) is 6.94. The molecule has 2 heteroatoms. The number of hydrogen-bond donors (Lipinski definition) is 1. The van der Waals surface area contributed by atoms with E-state index in [0.29, 0.717) is 12.1 Å². The summed E-state index contributed by atoms with van der Waals surface area (Å²) in [7, 11) is 0. The van der Waals surface area contributed by atoms with Crippen molar-refractivity contribution in [3.05, 3.63) is 0 Å². The van der Waals surface area contributed by atoms with Gasteiger partial charge in [-0.3, -0.25) is 4.90 Å². The molecule has 0 aromatic heterocycles. The van der Waals surface area contributed by atoms with E-state index in [0.717, 1.165) is 23.8 Å². The third-order valence-corrected chi connectivity index (χ3v) is 5.11. The lowest BCUT2D eigenvalue weighted by atomic mass is 9.76. The van der Waals surface area contributed by atoms with Crippen LogP contribution in [0, 0.1) is 17.8 Å². The molecule has 0 bridgehead atoms. The molecule has 2 N–H and O–H groups in total. The average Bonchev–Trinajstić information content (AvgIpc) is 2.58. The lowest BCUT2D eigenvalue weighted by molar-refractivity contribution is 0.0901. The van der Waals surface area contributed by atoms with Gasteiger partial charge < -0.3 is 5.73 Å². The van der Waals surface area contributed by atoms with E-state index in [1.165, 1.54) is 32.2 Å². The first kappa shape index (κ1) is 13.4. The summed E-state index contributed by atoms with van der Waals surface area (Å²) in [6.07, 6.45) is 5.25. The van der Waals surface area contributed by atoms with E-state index >= 15 is 0 Å². The van der Waals surface area contributed by atoms with Gasteiger partial charge in [-0.25, -0.2) is 0 Å². The molecule has 2 rings (SSSR count). The van der Waals surface area contributed by atoms with E-state index < -0.39 is 0 Å². The van der Waals surface area contributed by atoms with Crippen molar-refractivity contribution < 1.29 is 0 Å². The minimum atomic E-state index is 0.415. The Balaban J connectivity index is 2.02. The molecule has 1 aliphatic carbocycles. The Morgan fingerprint density at radius 2 is 1.82 bits per heavy atom. The van der Waals surface area contributed by atoms with Crippen LogP contribution in [0.25, 0.3) is 0 Å². The Hall–Kier alpha value is -0.0800. The molecule has 0 aromatic carbocycles. The molecule has 2 fully saturated rings. The van der Waals surface area contributed by atoms with Crippen LogP contribution in [-0.2, 0) is 0 Å². The highest BCUT2D eigenvalue weighted by Crippen LogP contribution is 2.35. The first-order valence-corrected chi connectivity index (χ1v) is 7.50. The fraction of sp³-hybridized carbons (Fsp3) is 1.00. The minimum Gasteiger partial charge on any atom is -0.326 e. The second kappa shape index (κ2) is 5.27. The van der Waals surface area contributed by atoms with Gasteiger partial charge in [-0.1, -0.05) is 20.8 Å². The largest absolute Gasteiger partial charge is 0.326 e. The Kier molecular flexibility index (Phi) is 4.14. The van der Waals surface area contributed by atoms with Crippen molar-refractivity contribution in [3.63, 3.8) is 0 Å². The highest BCUT2D eigenvalue weighted by molar-refractivity contribution is 4.95. The van der Waals surface area contributed by atoms with Crippen LogP contribution in [0.2, 0.25) is 0 Å². The maximum Gasteiger partial charge on any atom is 0.0252 e. The van der Waals surface area contributed by atoms with E-state index in [-0.39, 0.29) is 0 Å². The number of nitrogens with two attached hydrogens (primary N) is 1. The van der Waals surface area contributed by atoms with Gasteiger partial charge in [0, 0.05) is 24.7 Å². The summed E-state index contributed by atoms with van der Waals surface area (Å²) in [5, 5.41) is 0. The Bertz CT molecular complexity index is 251. The van der Waals surface area contributed by atoms with Crippen LogP contribution >= 0.6 is 0 Å². The Morgan fingerprint density at radius 3 is 2.35 bits per heavy atom. The molecule has 0 amide bonds. The van der Waals surface area contributed by atoms with Crippen LogP contribution in [0.1, 0.15) is 53.4 Å². The zero-order valence-corrected chi connectivity index (χ0v) is 12.0. The van der Waals surface area contributed by atoms with Crippen LogP contribution in [0.15, 0.2) is 0 Å². The number of nitrogens with zero attached hydrogens (tertiary/aromatic N) is 1. The smallest absolute Gasteiger partial charge is 0.0252 e. The van der Waals surface area contributed by atoms with Crippen LogP contribution in [0.5, 0.6) is 0 Å². The van der Waals surface area contributed by atoms with Gasteiger partial charge in [0.1, 0.15) is 0 Å². The minimum absolute atomic E-state index is 0.415. The molecule has 2 nitrogen and oxygen atoms in total. The number of likely N-dealkylation sites (tertiary alicyclic amines) is 1. The van der Waals surface area contributed by atoms with Crippen LogP contribution in [0.4, 0.5) is 0 Å². The van der Waals surface area contributed by atoms with Gasteiger partial charge >= 0.3 is 0 Å². The van der Waals surface area contributed by atoms with E-state index in [2.05, 4.69) is 32.6 Å². The van der Waals surface area contributed by atoms with Crippen molar-refractivity contribution in [2.75, 3.05) is 6.54 Å². The monoisotopic (exact) mass is 238 g/mol. The van der Waals surface area contributed by atoms with Gasteiger partial charge in [-0.15, -0.1) is 0 Å². The predicted octanol–water partition coefficient (Wildman–Crippen LogP) is 2.87. The molecule has 1 saturated heterocycles. The van der Waals surface area contributed by atoms with Crippen molar-refractivity contribution >= 4 is 0 Å². The van der Waals surface area contributed by atoms with Crippen molar-refractivity contribution in [1.29, 1.82) is 0 Å². The van der Waals surface area contributed by atoms with E-state index in [1.54, 1.807) is 0 Å². The zero-order chi connectivity index (χ0) is 12.6. The molecule has 0 radical (unpaired) electrons. The third kappa shape index (κ3) is 2.85. The van der Waals surface area contributed by atoms with Crippen molar-refractivity contribution in [2.45, 2.75) is 71.5 Å². The fourth-order valence-corrected chi connectivity index (χ4v) is 3.98. The average molecular weight is 238 g/mol. The summed E-state index contributed by atoms with van der Waals surface area (Å²) in [6, 6.07) is 1.81. The van der Waals surface area contributed by atoms with Crippen LogP contribution in [-0.4, -0.2) is 29.6 Å². The standard InChI is InChI=1S/C15H30N2/c1-10(2)13-5-6-14(16)15(8-13)17-9-11(3)7-12(17)4/h10-15H,5-9,16H2,1-4H3. The summed E-state index contributed by atoms with van der Waals surface area (Å²) in [5.74, 6) is 2.57. The highest BCUT2D eigenvalue weighted by atomic mass is 15.2. The Morgan fingerprint density at radius 1 is 1.12 bits per heavy atom. The summed E-state index contributed by atoms with van der Waals surface area (Å²) >= 11 is 0. The highest BCUT2D eigenvalue weighted by Gasteiger charge is 2.38. The van der Waals surface area contributed by atoms with Crippen LogP contribution < -0.4 is 5.73 Å². The fourth-order valence-electron chi connectivity index (χ4n) is 3.98. The zero-order valence-electron chi connectivity index (χ0n) is 12.0. The molecular formula is C15H30N2. The molecule has 0 aromatic rings. The van der Waals surface area contributed by atoms with Gasteiger partial charge in [0.15, 0.2) is 0 Å². The molecule has 5 unspecified atom stereocenters. The maximum atomic E-state index is 6.39. The molecule has 100 valence electrons. The van der Waals surface area contributed by atoms with E-state index in [1.807, 2.05) is 0 Å². The summed E-state index contributed by atoms with van der Waals surface area (Å²) in [6.45, 7) is 10.8. The quantitative estimate of drug-likeness (QED) is 0.801. The molecule has 1 heterocycles.